The van der Waals surface area contributed by atoms with Crippen LogP contribution in [0.15, 0.2) is 52.6 Å². The van der Waals surface area contributed by atoms with E-state index in [1.54, 1.807) is 44.9 Å². The number of ether oxygens (including phenoxy) is 2. The van der Waals surface area contributed by atoms with Gasteiger partial charge in [-0.15, -0.1) is 11.3 Å². The summed E-state index contributed by atoms with van der Waals surface area (Å²) in [5, 5.41) is 15.0. The van der Waals surface area contributed by atoms with Gasteiger partial charge in [-0.25, -0.2) is 4.98 Å². The molecule has 2 heterocycles. The molecule has 0 radical (unpaired) electrons. The zero-order valence-corrected chi connectivity index (χ0v) is 14.5. The van der Waals surface area contributed by atoms with Crippen LogP contribution in [0.2, 0.25) is 0 Å². The first-order valence-electron chi connectivity index (χ1n) is 7.33. The van der Waals surface area contributed by atoms with E-state index in [1.807, 2.05) is 17.5 Å². The molecule has 0 saturated carbocycles. The molecule has 0 unspecified atom stereocenters. The molecule has 0 aliphatic rings. The number of methoxy groups -OCH3 is 2. The number of nitrogens with zero attached hydrogens (tertiary/aromatic N) is 2. The van der Waals surface area contributed by atoms with Crippen LogP contribution in [0.5, 0.6) is 11.5 Å². The van der Waals surface area contributed by atoms with Gasteiger partial charge in [0, 0.05) is 23.3 Å². The van der Waals surface area contributed by atoms with Gasteiger partial charge in [0.05, 0.1) is 20.5 Å². The second-order valence-electron chi connectivity index (χ2n) is 4.90. The lowest BCUT2D eigenvalue weighted by molar-refractivity contribution is 0.355. The van der Waals surface area contributed by atoms with Crippen LogP contribution in [-0.4, -0.2) is 19.2 Å². The first-order chi connectivity index (χ1) is 12.2. The maximum atomic E-state index is 9.42. The second kappa shape index (κ2) is 7.55. The van der Waals surface area contributed by atoms with Gasteiger partial charge >= 0.3 is 0 Å². The number of nitriles is 1. The van der Waals surface area contributed by atoms with E-state index in [0.29, 0.717) is 33.5 Å². The van der Waals surface area contributed by atoms with Crippen molar-refractivity contribution in [1.29, 1.82) is 5.26 Å². The fourth-order valence-electron chi connectivity index (χ4n) is 2.16. The number of furan rings is 1. The number of thiazole rings is 1. The third-order valence-corrected chi connectivity index (χ3v) is 4.27. The van der Waals surface area contributed by atoms with Gasteiger partial charge in [-0.1, -0.05) is 0 Å². The van der Waals surface area contributed by atoms with Gasteiger partial charge in [0.15, 0.2) is 17.3 Å². The Labute approximate surface area is 149 Å². The molecule has 126 valence electrons. The molecule has 3 rings (SSSR count). The zero-order valence-electron chi connectivity index (χ0n) is 13.6. The first-order valence-corrected chi connectivity index (χ1v) is 8.21. The molecule has 0 atom stereocenters. The number of hydrogen-bond donors (Lipinski definition) is 1. The minimum atomic E-state index is 0.428. The summed E-state index contributed by atoms with van der Waals surface area (Å²) >= 11 is 1.38. The molecule has 1 N–H and O–H groups in total. The van der Waals surface area contributed by atoms with Crippen molar-refractivity contribution < 1.29 is 13.9 Å². The number of anilines is 1. The van der Waals surface area contributed by atoms with E-state index in [4.69, 9.17) is 13.9 Å². The van der Waals surface area contributed by atoms with E-state index in [9.17, 15) is 5.26 Å². The molecule has 7 heteroatoms. The van der Waals surface area contributed by atoms with Crippen molar-refractivity contribution in [2.75, 3.05) is 19.5 Å². The van der Waals surface area contributed by atoms with E-state index >= 15 is 0 Å². The van der Waals surface area contributed by atoms with Gasteiger partial charge in [-0.05, 0) is 24.3 Å². The lowest BCUT2D eigenvalue weighted by Gasteiger charge is -2.09. The standard InChI is InChI=1S/C18H15N3O3S/c1-22-16-6-5-13(8-17(16)23-2)20-10-12(9-19)18-21-14(11-25-18)15-4-3-7-24-15/h3-8,10-11,20H,1-2H3/b12-10+. The molecule has 0 fully saturated rings. The van der Waals surface area contributed by atoms with Gasteiger partial charge in [0.25, 0.3) is 0 Å². The van der Waals surface area contributed by atoms with Crippen LogP contribution in [-0.2, 0) is 0 Å². The molecule has 6 nitrogen and oxygen atoms in total. The Bertz CT molecular complexity index is 923. The highest BCUT2D eigenvalue weighted by molar-refractivity contribution is 7.11. The smallest absolute Gasteiger partial charge is 0.162 e. The Kier molecular flexibility index (Phi) is 5.02. The van der Waals surface area contributed by atoms with Gasteiger partial charge in [-0.2, -0.15) is 5.26 Å². The SMILES string of the molecule is COc1ccc(N/C=C(\C#N)c2nc(-c3ccco3)cs2)cc1OC. The van der Waals surface area contributed by atoms with Crippen molar-refractivity contribution in [3.8, 4) is 29.0 Å². The molecule has 0 amide bonds. The van der Waals surface area contributed by atoms with E-state index in [1.165, 1.54) is 11.3 Å². The fourth-order valence-corrected chi connectivity index (χ4v) is 2.93. The molecule has 1 aromatic carbocycles. The lowest BCUT2D eigenvalue weighted by atomic mass is 10.2. The third-order valence-electron chi connectivity index (χ3n) is 3.40. The van der Waals surface area contributed by atoms with E-state index in [0.717, 1.165) is 5.69 Å². The normalized spacial score (nSPS) is 11.0. The molecule has 0 spiro atoms. The van der Waals surface area contributed by atoms with E-state index < -0.39 is 0 Å². The minimum Gasteiger partial charge on any atom is -0.493 e. The van der Waals surface area contributed by atoms with Crippen molar-refractivity contribution in [1.82, 2.24) is 4.98 Å². The van der Waals surface area contributed by atoms with Gasteiger partial charge in [0.2, 0.25) is 0 Å². The molecule has 0 bridgehead atoms. The summed E-state index contributed by atoms with van der Waals surface area (Å²) in [6.07, 6.45) is 3.21. The van der Waals surface area contributed by atoms with Gasteiger partial charge in [-0.3, -0.25) is 0 Å². The van der Waals surface area contributed by atoms with Gasteiger partial charge in [0.1, 0.15) is 22.3 Å². The number of benzene rings is 1. The summed E-state index contributed by atoms with van der Waals surface area (Å²) < 4.78 is 15.8. The topological polar surface area (TPSA) is 80.3 Å². The largest absolute Gasteiger partial charge is 0.493 e. The molecule has 3 aromatic rings. The van der Waals surface area contributed by atoms with Crippen molar-refractivity contribution in [3.63, 3.8) is 0 Å². The maximum Gasteiger partial charge on any atom is 0.162 e. The van der Waals surface area contributed by atoms with Crippen molar-refractivity contribution in [3.05, 3.63) is 53.2 Å². The van der Waals surface area contributed by atoms with Crippen LogP contribution in [0.25, 0.3) is 17.0 Å². The molecular formula is C18H15N3O3S. The molecule has 25 heavy (non-hydrogen) atoms. The monoisotopic (exact) mass is 353 g/mol. The number of rotatable bonds is 6. The summed E-state index contributed by atoms with van der Waals surface area (Å²) in [4.78, 5) is 4.45. The molecule has 0 saturated heterocycles. The van der Waals surface area contributed by atoms with Crippen LogP contribution in [0.1, 0.15) is 5.01 Å². The Morgan fingerprint density at radius 2 is 2.12 bits per heavy atom. The predicted molar refractivity (Wildman–Crippen MR) is 96.6 cm³/mol. The second-order valence-corrected chi connectivity index (χ2v) is 5.76. The zero-order chi connectivity index (χ0) is 17.6. The maximum absolute atomic E-state index is 9.42. The summed E-state index contributed by atoms with van der Waals surface area (Å²) in [7, 11) is 3.15. The third kappa shape index (κ3) is 3.65. The van der Waals surface area contributed by atoms with Crippen LogP contribution in [0, 0.1) is 11.3 Å². The highest BCUT2D eigenvalue weighted by Gasteiger charge is 2.11. The molecule has 2 aromatic heterocycles. The van der Waals surface area contributed by atoms with Crippen molar-refractivity contribution in [2.45, 2.75) is 0 Å². The van der Waals surface area contributed by atoms with E-state index in [2.05, 4.69) is 16.4 Å². The Hall–Kier alpha value is -3.24. The van der Waals surface area contributed by atoms with Crippen LogP contribution >= 0.6 is 11.3 Å². The summed E-state index contributed by atoms with van der Waals surface area (Å²) in [5.74, 6) is 1.92. The quantitative estimate of drug-likeness (QED) is 0.662. The molecule has 0 aliphatic heterocycles. The summed E-state index contributed by atoms with van der Waals surface area (Å²) in [5.41, 5.74) is 1.91. The minimum absolute atomic E-state index is 0.428. The average Bonchev–Trinajstić information content (AvgIpc) is 3.33. The number of allylic oxidation sites excluding steroid dienone is 1. The first kappa shape index (κ1) is 16.6. The van der Waals surface area contributed by atoms with Crippen LogP contribution < -0.4 is 14.8 Å². The molecular weight excluding hydrogens is 338 g/mol. The summed E-state index contributed by atoms with van der Waals surface area (Å²) in [6.45, 7) is 0. The lowest BCUT2D eigenvalue weighted by Crippen LogP contribution is -1.94. The number of hydrogen-bond acceptors (Lipinski definition) is 7. The Morgan fingerprint density at radius 1 is 1.28 bits per heavy atom. The van der Waals surface area contributed by atoms with Crippen molar-refractivity contribution >= 4 is 22.6 Å². The Balaban J connectivity index is 1.81. The van der Waals surface area contributed by atoms with E-state index in [-0.39, 0.29) is 0 Å². The van der Waals surface area contributed by atoms with Crippen molar-refractivity contribution in [2.24, 2.45) is 0 Å². The number of nitrogens with one attached hydrogen (secondary N) is 1. The highest BCUT2D eigenvalue weighted by atomic mass is 32.1. The Morgan fingerprint density at radius 3 is 2.80 bits per heavy atom. The van der Waals surface area contributed by atoms with Crippen LogP contribution in [0.4, 0.5) is 5.69 Å². The highest BCUT2D eigenvalue weighted by Crippen LogP contribution is 2.30. The van der Waals surface area contributed by atoms with Crippen LogP contribution in [0.3, 0.4) is 0 Å². The fraction of sp³-hybridized carbons (Fsp3) is 0.111. The number of aromatic nitrogens is 1. The molecule has 0 aliphatic carbocycles. The predicted octanol–water partition coefficient (Wildman–Crippen LogP) is 4.40. The average molecular weight is 353 g/mol. The van der Waals surface area contributed by atoms with Gasteiger partial charge < -0.3 is 19.2 Å². The summed E-state index contributed by atoms with van der Waals surface area (Å²) in [6, 6.07) is 11.2.